The van der Waals surface area contributed by atoms with E-state index in [4.69, 9.17) is 5.11 Å². The number of nitrogens with one attached hydrogen (secondary N) is 1. The molecule has 0 bridgehead atoms. The number of benzene rings is 1. The quantitative estimate of drug-likeness (QED) is 0.782. The van der Waals surface area contributed by atoms with Crippen LogP contribution in [0, 0.1) is 23.4 Å². The number of carbonyl (C=O) groups is 1. The van der Waals surface area contributed by atoms with E-state index in [1.54, 1.807) is 18.6 Å². The first kappa shape index (κ1) is 17.4. The van der Waals surface area contributed by atoms with Crippen LogP contribution in [0.5, 0.6) is 0 Å². The van der Waals surface area contributed by atoms with Gasteiger partial charge in [-0.25, -0.2) is 21.6 Å². The molecular formula is C12H14F3NO4S. The molecule has 0 aromatic heterocycles. The van der Waals surface area contributed by atoms with Gasteiger partial charge in [0.25, 0.3) is 0 Å². The maximum atomic E-state index is 13.5. The van der Waals surface area contributed by atoms with Gasteiger partial charge in [0.2, 0.25) is 10.0 Å². The first-order valence-electron chi connectivity index (χ1n) is 5.95. The van der Waals surface area contributed by atoms with Crippen LogP contribution in [0.4, 0.5) is 13.2 Å². The molecule has 21 heavy (non-hydrogen) atoms. The van der Waals surface area contributed by atoms with Gasteiger partial charge in [-0.15, -0.1) is 0 Å². The summed E-state index contributed by atoms with van der Waals surface area (Å²) in [5, 5.41) is 8.95. The van der Waals surface area contributed by atoms with E-state index in [1.807, 2.05) is 0 Å². The van der Waals surface area contributed by atoms with Gasteiger partial charge in [-0.3, -0.25) is 4.79 Å². The second kappa shape index (κ2) is 6.44. The zero-order valence-electron chi connectivity index (χ0n) is 11.2. The normalized spacial score (nSPS) is 13.4. The van der Waals surface area contributed by atoms with Crippen LogP contribution in [0.25, 0.3) is 0 Å². The van der Waals surface area contributed by atoms with Gasteiger partial charge >= 0.3 is 5.97 Å². The Morgan fingerprint density at radius 2 is 1.81 bits per heavy atom. The molecule has 0 heterocycles. The Morgan fingerprint density at radius 1 is 1.24 bits per heavy atom. The lowest BCUT2D eigenvalue weighted by Gasteiger charge is -2.17. The Bertz CT molecular complexity index is 646. The first-order valence-corrected chi connectivity index (χ1v) is 7.43. The molecule has 1 rings (SSSR count). The monoisotopic (exact) mass is 325 g/mol. The third-order valence-corrected chi connectivity index (χ3v) is 4.08. The van der Waals surface area contributed by atoms with E-state index in [0.29, 0.717) is 12.1 Å². The van der Waals surface area contributed by atoms with Gasteiger partial charge in [-0.05, 0) is 24.5 Å². The minimum atomic E-state index is -4.63. The minimum absolute atomic E-state index is 0.0418. The lowest BCUT2D eigenvalue weighted by molar-refractivity contribution is -0.139. The van der Waals surface area contributed by atoms with Crippen LogP contribution in [0.2, 0.25) is 0 Å². The highest BCUT2D eigenvalue weighted by molar-refractivity contribution is 7.89. The molecule has 0 aliphatic rings. The topological polar surface area (TPSA) is 83.5 Å². The van der Waals surface area contributed by atoms with Crippen LogP contribution in [-0.2, 0) is 14.8 Å². The molecule has 0 saturated heterocycles. The number of aliphatic carboxylic acids is 1. The smallest absolute Gasteiger partial charge is 0.321 e. The number of rotatable bonds is 6. The van der Waals surface area contributed by atoms with Crippen LogP contribution in [-0.4, -0.2) is 25.5 Å². The van der Waals surface area contributed by atoms with Crippen LogP contribution in [0.15, 0.2) is 17.0 Å². The summed E-state index contributed by atoms with van der Waals surface area (Å²) >= 11 is 0. The van der Waals surface area contributed by atoms with Crippen molar-refractivity contribution in [2.24, 2.45) is 5.92 Å². The van der Waals surface area contributed by atoms with E-state index in [1.165, 1.54) is 0 Å². The summed E-state index contributed by atoms with van der Waals surface area (Å²) < 4.78 is 64.9. The Kier molecular flexibility index (Phi) is 5.35. The molecule has 0 unspecified atom stereocenters. The SMILES string of the molecule is CC(C)C[C@@H](NS(=O)(=O)c1ccc(F)c(F)c1F)C(=O)O. The van der Waals surface area contributed by atoms with Crippen LogP contribution < -0.4 is 4.72 Å². The molecule has 1 aromatic carbocycles. The van der Waals surface area contributed by atoms with E-state index in [0.717, 1.165) is 0 Å². The number of carboxylic acid groups (broad SMARTS) is 1. The highest BCUT2D eigenvalue weighted by atomic mass is 32.2. The molecule has 118 valence electrons. The van der Waals surface area contributed by atoms with Gasteiger partial charge in [0, 0.05) is 0 Å². The van der Waals surface area contributed by atoms with Gasteiger partial charge < -0.3 is 5.11 Å². The Morgan fingerprint density at radius 3 is 2.29 bits per heavy atom. The van der Waals surface area contributed by atoms with E-state index in [2.05, 4.69) is 0 Å². The molecule has 5 nitrogen and oxygen atoms in total. The average molecular weight is 325 g/mol. The molecule has 0 saturated carbocycles. The van der Waals surface area contributed by atoms with E-state index >= 15 is 0 Å². The largest absolute Gasteiger partial charge is 0.480 e. The molecule has 0 spiro atoms. The first-order chi connectivity index (χ1) is 9.56. The van der Waals surface area contributed by atoms with E-state index < -0.39 is 44.4 Å². The Balaban J connectivity index is 3.17. The Labute approximate surface area is 119 Å². The summed E-state index contributed by atoms with van der Waals surface area (Å²) in [6.45, 7) is 3.34. The lowest BCUT2D eigenvalue weighted by atomic mass is 10.1. The van der Waals surface area contributed by atoms with Crippen molar-refractivity contribution in [3.63, 3.8) is 0 Å². The molecule has 0 radical (unpaired) electrons. The standard InChI is InChI=1S/C12H14F3NO4S/c1-6(2)5-8(12(17)18)16-21(19,20)9-4-3-7(13)10(14)11(9)15/h3-4,6,8,16H,5H2,1-2H3,(H,17,18)/t8-/m1/s1. The van der Waals surface area contributed by atoms with Crippen molar-refractivity contribution < 1.29 is 31.5 Å². The van der Waals surface area contributed by atoms with Crippen LogP contribution in [0.1, 0.15) is 20.3 Å². The molecule has 2 N–H and O–H groups in total. The summed E-state index contributed by atoms with van der Waals surface area (Å²) in [4.78, 5) is 9.85. The van der Waals surface area contributed by atoms with E-state index in [9.17, 15) is 26.4 Å². The van der Waals surface area contributed by atoms with Gasteiger partial charge in [0.05, 0.1) is 0 Å². The molecule has 0 fully saturated rings. The van der Waals surface area contributed by atoms with Crippen molar-refractivity contribution in [2.75, 3.05) is 0 Å². The summed E-state index contributed by atoms with van der Waals surface area (Å²) in [6.07, 6.45) is -0.0418. The van der Waals surface area contributed by atoms with Gasteiger partial charge in [0.1, 0.15) is 10.9 Å². The third kappa shape index (κ3) is 4.18. The molecule has 0 aliphatic carbocycles. The van der Waals surface area contributed by atoms with Crippen molar-refractivity contribution in [1.29, 1.82) is 0 Å². The zero-order chi connectivity index (χ0) is 16.4. The summed E-state index contributed by atoms with van der Waals surface area (Å²) in [5.41, 5.74) is 0. The minimum Gasteiger partial charge on any atom is -0.480 e. The number of carboxylic acids is 1. The van der Waals surface area contributed by atoms with Crippen molar-refractivity contribution in [3.8, 4) is 0 Å². The van der Waals surface area contributed by atoms with Crippen molar-refractivity contribution in [2.45, 2.75) is 31.2 Å². The maximum absolute atomic E-state index is 13.5. The fourth-order valence-electron chi connectivity index (χ4n) is 1.64. The zero-order valence-corrected chi connectivity index (χ0v) is 12.0. The summed E-state index contributed by atoms with van der Waals surface area (Å²) in [5.74, 6) is -6.97. The lowest BCUT2D eigenvalue weighted by Crippen LogP contribution is -2.41. The van der Waals surface area contributed by atoms with Gasteiger partial charge in [0.15, 0.2) is 17.5 Å². The van der Waals surface area contributed by atoms with Crippen molar-refractivity contribution in [1.82, 2.24) is 4.72 Å². The average Bonchev–Trinajstić information content (AvgIpc) is 2.33. The molecule has 9 heteroatoms. The molecule has 1 aromatic rings. The third-order valence-electron chi connectivity index (χ3n) is 2.59. The summed E-state index contributed by atoms with van der Waals surface area (Å²) in [7, 11) is -4.63. The number of hydrogen-bond acceptors (Lipinski definition) is 3. The number of sulfonamides is 1. The van der Waals surface area contributed by atoms with Crippen LogP contribution in [0.3, 0.4) is 0 Å². The fourth-order valence-corrected chi connectivity index (χ4v) is 2.91. The van der Waals surface area contributed by atoms with Crippen molar-refractivity contribution in [3.05, 3.63) is 29.6 Å². The molecule has 1 atom stereocenters. The Hall–Kier alpha value is -1.61. The highest BCUT2D eigenvalue weighted by Crippen LogP contribution is 2.20. The predicted octanol–water partition coefficient (Wildman–Crippen LogP) is 1.88. The van der Waals surface area contributed by atoms with E-state index in [-0.39, 0.29) is 12.3 Å². The van der Waals surface area contributed by atoms with Gasteiger partial charge in [-0.1, -0.05) is 13.8 Å². The molecular weight excluding hydrogens is 311 g/mol. The highest BCUT2D eigenvalue weighted by Gasteiger charge is 2.29. The predicted molar refractivity (Wildman–Crippen MR) is 67.5 cm³/mol. The number of hydrogen-bond donors (Lipinski definition) is 2. The van der Waals surface area contributed by atoms with Crippen LogP contribution >= 0.6 is 0 Å². The second-order valence-corrected chi connectivity index (χ2v) is 6.50. The molecule has 0 amide bonds. The van der Waals surface area contributed by atoms with Crippen molar-refractivity contribution >= 4 is 16.0 Å². The van der Waals surface area contributed by atoms with Gasteiger partial charge in [-0.2, -0.15) is 4.72 Å². The number of halogens is 3. The second-order valence-electron chi connectivity index (χ2n) is 4.82. The maximum Gasteiger partial charge on any atom is 0.321 e. The summed E-state index contributed by atoms with van der Waals surface area (Å²) in [6, 6.07) is -0.516. The fraction of sp³-hybridized carbons (Fsp3) is 0.417. The molecule has 0 aliphatic heterocycles.